The Hall–Kier alpha value is -3.15. The van der Waals surface area contributed by atoms with Gasteiger partial charge in [0.2, 0.25) is 5.91 Å². The molecule has 1 N–H and O–H groups in total. The largest absolute Gasteiger partial charge is 0.492 e. The molecule has 2 aromatic carbocycles. The van der Waals surface area contributed by atoms with Crippen LogP contribution in [0.2, 0.25) is 0 Å². The number of aromatic nitrogens is 1. The van der Waals surface area contributed by atoms with Gasteiger partial charge in [-0.25, -0.2) is 4.39 Å². The SMILES string of the molecule is O=C(NCCOc1ccc(F)cc1)C1(c2cc(-c3ccccc3)on2)CC1. The summed E-state index contributed by atoms with van der Waals surface area (Å²) in [4.78, 5) is 12.6. The van der Waals surface area contributed by atoms with Crippen LogP contribution in [0, 0.1) is 5.82 Å². The zero-order valence-corrected chi connectivity index (χ0v) is 14.7. The number of rotatable bonds is 7. The van der Waals surface area contributed by atoms with Crippen LogP contribution in [0.4, 0.5) is 4.39 Å². The fourth-order valence-electron chi connectivity index (χ4n) is 3.00. The summed E-state index contributed by atoms with van der Waals surface area (Å²) in [5, 5.41) is 7.02. The van der Waals surface area contributed by atoms with Crippen LogP contribution >= 0.6 is 0 Å². The van der Waals surface area contributed by atoms with Crippen molar-refractivity contribution in [1.82, 2.24) is 10.5 Å². The third-order valence-electron chi connectivity index (χ3n) is 4.71. The van der Waals surface area contributed by atoms with E-state index in [-0.39, 0.29) is 11.7 Å². The van der Waals surface area contributed by atoms with Gasteiger partial charge in [0.15, 0.2) is 5.76 Å². The van der Waals surface area contributed by atoms with E-state index in [4.69, 9.17) is 9.26 Å². The van der Waals surface area contributed by atoms with E-state index in [0.717, 1.165) is 18.4 Å². The highest BCUT2D eigenvalue weighted by molar-refractivity contribution is 5.91. The van der Waals surface area contributed by atoms with E-state index in [1.807, 2.05) is 36.4 Å². The number of amides is 1. The standard InChI is InChI=1S/C21H19FN2O3/c22-16-6-8-17(9-7-16)26-13-12-23-20(25)21(10-11-21)19-14-18(27-24-19)15-4-2-1-3-5-15/h1-9,14H,10-13H2,(H,23,25). The van der Waals surface area contributed by atoms with Gasteiger partial charge in [0.25, 0.3) is 0 Å². The molecule has 1 amide bonds. The minimum atomic E-state index is -0.605. The Labute approximate surface area is 156 Å². The number of benzene rings is 2. The van der Waals surface area contributed by atoms with E-state index in [2.05, 4.69) is 10.5 Å². The first kappa shape index (κ1) is 17.3. The molecule has 1 aromatic heterocycles. The molecule has 0 atom stereocenters. The van der Waals surface area contributed by atoms with Crippen LogP contribution in [0.3, 0.4) is 0 Å². The molecule has 0 bridgehead atoms. The monoisotopic (exact) mass is 366 g/mol. The zero-order valence-electron chi connectivity index (χ0n) is 14.7. The molecule has 4 rings (SSSR count). The maximum Gasteiger partial charge on any atom is 0.232 e. The van der Waals surface area contributed by atoms with Crippen molar-refractivity contribution in [3.05, 3.63) is 72.2 Å². The van der Waals surface area contributed by atoms with Gasteiger partial charge in [-0.15, -0.1) is 0 Å². The first-order valence-electron chi connectivity index (χ1n) is 8.87. The number of halogens is 1. The van der Waals surface area contributed by atoms with Crippen molar-refractivity contribution in [3.63, 3.8) is 0 Å². The summed E-state index contributed by atoms with van der Waals surface area (Å²) in [7, 11) is 0. The lowest BCUT2D eigenvalue weighted by atomic mass is 10.0. The first-order chi connectivity index (χ1) is 13.2. The second-order valence-corrected chi connectivity index (χ2v) is 6.58. The van der Waals surface area contributed by atoms with Gasteiger partial charge in [-0.1, -0.05) is 35.5 Å². The van der Waals surface area contributed by atoms with Gasteiger partial charge in [-0.05, 0) is 37.1 Å². The Balaban J connectivity index is 1.33. The Bertz CT molecular complexity index is 918. The van der Waals surface area contributed by atoms with E-state index in [1.165, 1.54) is 12.1 Å². The number of carbonyl (C=O) groups excluding carboxylic acids is 1. The van der Waals surface area contributed by atoms with Gasteiger partial charge in [-0.2, -0.15) is 0 Å². The molecule has 1 aliphatic rings. The Morgan fingerprint density at radius 1 is 1.15 bits per heavy atom. The summed E-state index contributed by atoms with van der Waals surface area (Å²) in [6.45, 7) is 0.670. The highest BCUT2D eigenvalue weighted by Crippen LogP contribution is 2.48. The van der Waals surface area contributed by atoms with Gasteiger partial charge < -0.3 is 14.6 Å². The highest BCUT2D eigenvalue weighted by Gasteiger charge is 2.53. The molecule has 0 spiro atoms. The average Bonchev–Trinajstić information content (AvgIpc) is 3.37. The molecule has 6 heteroatoms. The molecule has 5 nitrogen and oxygen atoms in total. The van der Waals surface area contributed by atoms with Crippen LogP contribution in [0.15, 0.2) is 65.2 Å². The molecular weight excluding hydrogens is 347 g/mol. The summed E-state index contributed by atoms with van der Waals surface area (Å²) in [6, 6.07) is 17.3. The van der Waals surface area contributed by atoms with Gasteiger partial charge in [0, 0.05) is 11.6 Å². The van der Waals surface area contributed by atoms with E-state index in [0.29, 0.717) is 30.4 Å². The minimum absolute atomic E-state index is 0.0712. The van der Waals surface area contributed by atoms with E-state index in [9.17, 15) is 9.18 Å². The van der Waals surface area contributed by atoms with E-state index < -0.39 is 5.41 Å². The lowest BCUT2D eigenvalue weighted by Crippen LogP contribution is -2.37. The number of ether oxygens (including phenoxy) is 1. The predicted octanol–water partition coefficient (Wildman–Crippen LogP) is 3.71. The molecule has 1 fully saturated rings. The summed E-state index contributed by atoms with van der Waals surface area (Å²) in [5.41, 5.74) is 0.991. The van der Waals surface area contributed by atoms with Crippen molar-refractivity contribution in [2.24, 2.45) is 0 Å². The minimum Gasteiger partial charge on any atom is -0.492 e. The van der Waals surface area contributed by atoms with E-state index in [1.54, 1.807) is 12.1 Å². The maximum atomic E-state index is 12.9. The van der Waals surface area contributed by atoms with Gasteiger partial charge in [0.05, 0.1) is 17.7 Å². The van der Waals surface area contributed by atoms with Crippen molar-refractivity contribution in [1.29, 1.82) is 0 Å². The Morgan fingerprint density at radius 2 is 1.89 bits per heavy atom. The van der Waals surface area contributed by atoms with Crippen LogP contribution < -0.4 is 10.1 Å². The third-order valence-corrected chi connectivity index (χ3v) is 4.71. The van der Waals surface area contributed by atoms with Crippen molar-refractivity contribution < 1.29 is 18.4 Å². The van der Waals surface area contributed by atoms with Gasteiger partial charge in [0.1, 0.15) is 18.2 Å². The summed E-state index contributed by atoms with van der Waals surface area (Å²) in [6.07, 6.45) is 1.50. The van der Waals surface area contributed by atoms with Crippen LogP contribution in [-0.4, -0.2) is 24.2 Å². The van der Waals surface area contributed by atoms with Gasteiger partial charge >= 0.3 is 0 Å². The Kier molecular flexibility index (Phi) is 4.62. The normalized spacial score (nSPS) is 14.6. The summed E-state index contributed by atoms with van der Waals surface area (Å²) >= 11 is 0. The summed E-state index contributed by atoms with van der Waals surface area (Å²) in [5.74, 6) is 0.840. The quantitative estimate of drug-likeness (QED) is 0.648. The molecule has 0 aliphatic heterocycles. The highest BCUT2D eigenvalue weighted by atomic mass is 19.1. The zero-order chi connectivity index (χ0) is 18.7. The van der Waals surface area contributed by atoms with Crippen molar-refractivity contribution in [2.75, 3.05) is 13.2 Å². The van der Waals surface area contributed by atoms with Crippen LogP contribution in [0.25, 0.3) is 11.3 Å². The van der Waals surface area contributed by atoms with Crippen LogP contribution in [0.5, 0.6) is 5.75 Å². The second kappa shape index (κ2) is 7.23. The number of nitrogens with zero attached hydrogens (tertiary/aromatic N) is 1. The molecule has 1 saturated carbocycles. The molecule has 0 saturated heterocycles. The van der Waals surface area contributed by atoms with Crippen LogP contribution in [-0.2, 0) is 10.2 Å². The average molecular weight is 366 g/mol. The topological polar surface area (TPSA) is 64.4 Å². The van der Waals surface area contributed by atoms with E-state index >= 15 is 0 Å². The van der Waals surface area contributed by atoms with Crippen molar-refractivity contribution in [3.8, 4) is 17.1 Å². The van der Waals surface area contributed by atoms with Gasteiger partial charge in [-0.3, -0.25) is 4.79 Å². The fraction of sp³-hybridized carbons (Fsp3) is 0.238. The molecule has 0 radical (unpaired) electrons. The number of hydrogen-bond donors (Lipinski definition) is 1. The molecule has 138 valence electrons. The second-order valence-electron chi connectivity index (χ2n) is 6.58. The van der Waals surface area contributed by atoms with Crippen molar-refractivity contribution in [2.45, 2.75) is 18.3 Å². The number of nitrogens with one attached hydrogen (secondary N) is 1. The molecule has 1 heterocycles. The lowest BCUT2D eigenvalue weighted by Gasteiger charge is -2.13. The summed E-state index contributed by atoms with van der Waals surface area (Å²) < 4.78 is 23.8. The van der Waals surface area contributed by atoms with Crippen LogP contribution in [0.1, 0.15) is 18.5 Å². The molecule has 3 aromatic rings. The number of hydrogen-bond acceptors (Lipinski definition) is 4. The molecule has 1 aliphatic carbocycles. The number of carbonyl (C=O) groups is 1. The van der Waals surface area contributed by atoms with Crippen molar-refractivity contribution >= 4 is 5.91 Å². The lowest BCUT2D eigenvalue weighted by molar-refractivity contribution is -0.123. The third kappa shape index (κ3) is 3.69. The molecule has 0 unspecified atom stereocenters. The fourth-order valence-corrected chi connectivity index (χ4v) is 3.00. The smallest absolute Gasteiger partial charge is 0.232 e. The predicted molar refractivity (Wildman–Crippen MR) is 97.8 cm³/mol. The molecule has 27 heavy (non-hydrogen) atoms. The first-order valence-corrected chi connectivity index (χ1v) is 8.87. The molecular formula is C21H19FN2O3. The Morgan fingerprint density at radius 3 is 2.59 bits per heavy atom. The maximum absolute atomic E-state index is 12.9.